The minimum absolute atomic E-state index is 0.171. The van der Waals surface area contributed by atoms with Gasteiger partial charge in [0.05, 0.1) is 3.79 Å². The van der Waals surface area contributed by atoms with Gasteiger partial charge in [0.15, 0.2) is 0 Å². The van der Waals surface area contributed by atoms with Crippen molar-refractivity contribution in [2.45, 2.75) is 26.2 Å². The Kier molecular flexibility index (Phi) is 2.35. The third kappa shape index (κ3) is 1.79. The van der Waals surface area contributed by atoms with Crippen molar-refractivity contribution in [2.75, 3.05) is 0 Å². The van der Waals surface area contributed by atoms with Crippen molar-refractivity contribution in [3.05, 3.63) is 15.3 Å². The lowest BCUT2D eigenvalue weighted by Crippen LogP contribution is -2.12. The van der Waals surface area contributed by atoms with Gasteiger partial charge in [-0.25, -0.2) is 0 Å². The van der Waals surface area contributed by atoms with Crippen LogP contribution >= 0.6 is 27.5 Å². The van der Waals surface area contributed by atoms with Crippen LogP contribution in [-0.4, -0.2) is 4.37 Å². The van der Waals surface area contributed by atoms with Crippen LogP contribution in [0.3, 0.4) is 0 Å². The fourth-order valence-corrected chi connectivity index (χ4v) is 2.57. The molecule has 0 radical (unpaired) electrons. The van der Waals surface area contributed by atoms with Crippen LogP contribution in [0.25, 0.3) is 0 Å². The highest BCUT2D eigenvalue weighted by atomic mass is 79.9. The second-order valence-corrected chi connectivity index (χ2v) is 5.46. The van der Waals surface area contributed by atoms with E-state index < -0.39 is 0 Å². The minimum Gasteiger partial charge on any atom is -0.184 e. The van der Waals surface area contributed by atoms with Crippen LogP contribution in [0.2, 0.25) is 0 Å². The monoisotopic (exact) mass is 237 g/mol. The zero-order valence-electron chi connectivity index (χ0n) is 6.61. The molecule has 0 aliphatic rings. The summed E-state index contributed by atoms with van der Waals surface area (Å²) in [5.74, 6) is -0.352. The first kappa shape index (κ1) is 9.13. The first-order chi connectivity index (χ1) is 4.93. The van der Waals surface area contributed by atoms with E-state index in [-0.39, 0.29) is 11.4 Å². The third-order valence-electron chi connectivity index (χ3n) is 1.36. The quantitative estimate of drug-likeness (QED) is 0.675. The molecule has 0 bridgehead atoms. The molecule has 0 aliphatic carbocycles. The predicted molar refractivity (Wildman–Crippen MR) is 48.5 cm³/mol. The summed E-state index contributed by atoms with van der Waals surface area (Å²) in [6.07, 6.45) is 0. The molecule has 1 aromatic rings. The molecule has 0 saturated heterocycles. The number of rotatable bonds is 0. The van der Waals surface area contributed by atoms with Crippen LogP contribution in [0, 0.1) is 5.95 Å². The van der Waals surface area contributed by atoms with Gasteiger partial charge in [-0.1, -0.05) is 20.8 Å². The van der Waals surface area contributed by atoms with Crippen LogP contribution in [0.5, 0.6) is 0 Å². The second-order valence-electron chi connectivity index (χ2n) is 3.37. The van der Waals surface area contributed by atoms with E-state index in [0.717, 1.165) is 15.3 Å². The van der Waals surface area contributed by atoms with E-state index in [4.69, 9.17) is 0 Å². The summed E-state index contributed by atoms with van der Waals surface area (Å²) in [7, 11) is 0. The van der Waals surface area contributed by atoms with E-state index in [2.05, 4.69) is 20.3 Å². The van der Waals surface area contributed by atoms with Crippen LogP contribution < -0.4 is 0 Å². The van der Waals surface area contributed by atoms with Crippen molar-refractivity contribution in [3.63, 3.8) is 0 Å². The maximum atomic E-state index is 13.0. The highest BCUT2D eigenvalue weighted by molar-refractivity contribution is 9.11. The Morgan fingerprint density at radius 2 is 2.00 bits per heavy atom. The Bertz CT molecular complexity index is 244. The maximum Gasteiger partial charge on any atom is 0.229 e. The Labute approximate surface area is 77.9 Å². The van der Waals surface area contributed by atoms with Gasteiger partial charge in [-0.3, -0.25) is 0 Å². The van der Waals surface area contributed by atoms with E-state index in [1.807, 2.05) is 20.8 Å². The summed E-state index contributed by atoms with van der Waals surface area (Å²) in [4.78, 5) is 0. The van der Waals surface area contributed by atoms with Crippen LogP contribution in [0.1, 0.15) is 26.3 Å². The van der Waals surface area contributed by atoms with Crippen LogP contribution in [0.15, 0.2) is 3.79 Å². The standard InChI is InChI=1S/C7H9BrFNS/c1-7(2,3)4-5(8)11-10-6(4)9/h1-3H3. The van der Waals surface area contributed by atoms with Gasteiger partial charge in [0.2, 0.25) is 5.95 Å². The van der Waals surface area contributed by atoms with Crippen molar-refractivity contribution >= 4 is 27.5 Å². The van der Waals surface area contributed by atoms with E-state index in [0.29, 0.717) is 5.56 Å². The molecule has 0 unspecified atom stereocenters. The fraction of sp³-hybridized carbons (Fsp3) is 0.571. The van der Waals surface area contributed by atoms with Crippen molar-refractivity contribution in [3.8, 4) is 0 Å². The molecule has 62 valence electrons. The molecule has 1 nitrogen and oxygen atoms in total. The molecule has 0 N–H and O–H groups in total. The number of hydrogen-bond donors (Lipinski definition) is 0. The van der Waals surface area contributed by atoms with Crippen molar-refractivity contribution in [1.29, 1.82) is 0 Å². The molecule has 1 heterocycles. The highest BCUT2D eigenvalue weighted by Crippen LogP contribution is 2.34. The van der Waals surface area contributed by atoms with Crippen LogP contribution in [-0.2, 0) is 5.41 Å². The molecule has 1 aromatic heterocycles. The summed E-state index contributed by atoms with van der Waals surface area (Å²) in [5, 5.41) is 0. The lowest BCUT2D eigenvalue weighted by molar-refractivity contribution is 0.509. The molecule has 1 rings (SSSR count). The zero-order valence-corrected chi connectivity index (χ0v) is 9.01. The van der Waals surface area contributed by atoms with Gasteiger partial charge in [0.1, 0.15) is 0 Å². The average molecular weight is 238 g/mol. The smallest absolute Gasteiger partial charge is 0.184 e. The Morgan fingerprint density at radius 1 is 1.45 bits per heavy atom. The predicted octanol–water partition coefficient (Wildman–Crippen LogP) is 3.34. The molecule has 0 aliphatic heterocycles. The van der Waals surface area contributed by atoms with Crippen LogP contribution in [0.4, 0.5) is 4.39 Å². The van der Waals surface area contributed by atoms with Crippen molar-refractivity contribution in [1.82, 2.24) is 4.37 Å². The lowest BCUT2D eigenvalue weighted by Gasteiger charge is -2.16. The van der Waals surface area contributed by atoms with E-state index in [1.54, 1.807) is 0 Å². The number of nitrogens with zero attached hydrogens (tertiary/aromatic N) is 1. The molecular weight excluding hydrogens is 229 g/mol. The van der Waals surface area contributed by atoms with Crippen molar-refractivity contribution < 1.29 is 4.39 Å². The zero-order chi connectivity index (χ0) is 8.65. The first-order valence-corrected chi connectivity index (χ1v) is 4.80. The van der Waals surface area contributed by atoms with Gasteiger partial charge in [0, 0.05) is 5.56 Å². The molecule has 0 saturated carbocycles. The number of hydrogen-bond acceptors (Lipinski definition) is 2. The molecule has 0 spiro atoms. The van der Waals surface area contributed by atoms with Gasteiger partial charge in [-0.15, -0.1) is 0 Å². The summed E-state index contributed by atoms with van der Waals surface area (Å²) < 4.78 is 17.4. The molecule has 11 heavy (non-hydrogen) atoms. The van der Waals surface area contributed by atoms with E-state index >= 15 is 0 Å². The summed E-state index contributed by atoms with van der Waals surface area (Å²) in [6, 6.07) is 0. The van der Waals surface area contributed by atoms with E-state index in [1.165, 1.54) is 0 Å². The fourth-order valence-electron chi connectivity index (χ4n) is 0.857. The Morgan fingerprint density at radius 3 is 2.18 bits per heavy atom. The molecule has 4 heteroatoms. The Hall–Kier alpha value is 0.0400. The average Bonchev–Trinajstić information content (AvgIpc) is 2.08. The van der Waals surface area contributed by atoms with Gasteiger partial charge >= 0.3 is 0 Å². The maximum absolute atomic E-state index is 13.0. The summed E-state index contributed by atoms with van der Waals surface area (Å²) in [6.45, 7) is 5.89. The van der Waals surface area contributed by atoms with Gasteiger partial charge in [-0.2, -0.15) is 8.76 Å². The molecule has 0 fully saturated rings. The molecule has 0 amide bonds. The van der Waals surface area contributed by atoms with Gasteiger partial charge in [-0.05, 0) is 32.9 Å². The Balaban J connectivity index is 3.21. The number of aromatic nitrogens is 1. The molecule has 0 aromatic carbocycles. The topological polar surface area (TPSA) is 12.9 Å². The third-order valence-corrected chi connectivity index (χ3v) is 2.81. The lowest BCUT2D eigenvalue weighted by atomic mass is 9.90. The van der Waals surface area contributed by atoms with Crippen molar-refractivity contribution in [2.24, 2.45) is 0 Å². The SMILES string of the molecule is CC(C)(C)c1c(F)nsc1Br. The number of halogens is 2. The van der Waals surface area contributed by atoms with E-state index in [9.17, 15) is 4.39 Å². The summed E-state index contributed by atoms with van der Waals surface area (Å²) in [5.41, 5.74) is 0.498. The largest absolute Gasteiger partial charge is 0.229 e. The molecular formula is C7H9BrFNS. The second kappa shape index (κ2) is 2.83. The summed E-state index contributed by atoms with van der Waals surface area (Å²) >= 11 is 4.42. The normalized spacial score (nSPS) is 12.1. The van der Waals surface area contributed by atoms with Gasteiger partial charge in [0.25, 0.3) is 0 Å². The minimum atomic E-state index is -0.352. The van der Waals surface area contributed by atoms with Gasteiger partial charge < -0.3 is 0 Å². The first-order valence-electron chi connectivity index (χ1n) is 3.24. The molecule has 0 atom stereocenters. The highest BCUT2D eigenvalue weighted by Gasteiger charge is 2.24.